The maximum absolute atomic E-state index is 12.7. The summed E-state index contributed by atoms with van der Waals surface area (Å²) >= 11 is 0. The van der Waals surface area contributed by atoms with Crippen molar-refractivity contribution in [3.8, 4) is 0 Å². The van der Waals surface area contributed by atoms with Crippen LogP contribution < -0.4 is 0 Å². The van der Waals surface area contributed by atoms with Crippen LogP contribution in [0.4, 0.5) is 0 Å². The Morgan fingerprint density at radius 1 is 0.853 bits per heavy atom. The largest absolute Gasteiger partial charge is 0.481 e. The third-order valence-corrected chi connectivity index (χ3v) is 12.2. The van der Waals surface area contributed by atoms with Gasteiger partial charge >= 0.3 is 11.9 Å². The van der Waals surface area contributed by atoms with Crippen LogP contribution in [0.15, 0.2) is 24.3 Å². The normalized spacial score (nSPS) is 47.7. The summed E-state index contributed by atoms with van der Waals surface area (Å²) < 4.78 is 0. The molecule has 4 nitrogen and oxygen atoms in total. The highest BCUT2D eigenvalue weighted by Crippen LogP contribution is 2.76. The lowest BCUT2D eigenvalue weighted by Gasteiger charge is -2.70. The Bertz CT molecular complexity index is 905. The molecule has 0 aromatic rings. The number of fused-ring (bicyclic) bond motifs is 5. The van der Waals surface area contributed by atoms with E-state index in [1.54, 1.807) is 0 Å². The zero-order valence-corrected chi connectivity index (χ0v) is 22.1. The summed E-state index contributed by atoms with van der Waals surface area (Å²) in [6.07, 6.45) is 8.64. The van der Waals surface area contributed by atoms with Crippen LogP contribution in [0.5, 0.6) is 0 Å². The van der Waals surface area contributed by atoms with E-state index in [1.807, 2.05) is 0 Å². The van der Waals surface area contributed by atoms with E-state index in [9.17, 15) is 19.8 Å². The van der Waals surface area contributed by atoms with Crippen molar-refractivity contribution < 1.29 is 19.8 Å². The smallest absolute Gasteiger partial charge is 0.309 e. The molecule has 4 saturated carbocycles. The fourth-order valence-electron chi connectivity index (χ4n) is 10.4. The van der Waals surface area contributed by atoms with Crippen molar-refractivity contribution in [3.05, 3.63) is 24.3 Å². The van der Waals surface area contributed by atoms with E-state index >= 15 is 0 Å². The van der Waals surface area contributed by atoms with Crippen LogP contribution in [0.25, 0.3) is 0 Å². The van der Waals surface area contributed by atoms with Gasteiger partial charge in [-0.1, -0.05) is 45.1 Å². The fourth-order valence-corrected chi connectivity index (χ4v) is 10.4. The van der Waals surface area contributed by atoms with Gasteiger partial charge in [-0.15, -0.1) is 0 Å². The molecule has 0 spiro atoms. The van der Waals surface area contributed by atoms with Gasteiger partial charge in [0.1, 0.15) is 0 Å². The molecule has 2 N–H and O–H groups in total. The van der Waals surface area contributed by atoms with Gasteiger partial charge in [0.15, 0.2) is 0 Å². The molecular weight excluding hydrogens is 424 g/mol. The summed E-state index contributed by atoms with van der Waals surface area (Å²) in [7, 11) is 0. The van der Waals surface area contributed by atoms with E-state index in [1.165, 1.54) is 5.57 Å². The van der Waals surface area contributed by atoms with Gasteiger partial charge in [0.25, 0.3) is 0 Å². The molecule has 4 aliphatic rings. The van der Waals surface area contributed by atoms with Gasteiger partial charge in [0.05, 0.1) is 5.41 Å². The lowest BCUT2D eigenvalue weighted by atomic mass is 9.34. The number of hydrogen-bond acceptors (Lipinski definition) is 2. The number of allylic oxidation sites excluding steroid dienone is 2. The summed E-state index contributed by atoms with van der Waals surface area (Å²) in [5.41, 5.74) is 1.79. The molecule has 0 bridgehead atoms. The van der Waals surface area contributed by atoms with Crippen LogP contribution in [0, 0.1) is 51.2 Å². The number of aliphatic carboxylic acids is 2. The lowest BCUT2D eigenvalue weighted by Crippen LogP contribution is -2.64. The highest BCUT2D eigenvalue weighted by molar-refractivity contribution is 5.76. The van der Waals surface area contributed by atoms with Crippen molar-refractivity contribution in [1.82, 2.24) is 0 Å². The van der Waals surface area contributed by atoms with Gasteiger partial charge in [-0.25, -0.2) is 0 Å². The van der Waals surface area contributed by atoms with Crippen LogP contribution in [-0.2, 0) is 9.59 Å². The number of rotatable bonds is 6. The Hall–Kier alpha value is -1.58. The average molecular weight is 471 g/mol. The highest BCUT2D eigenvalue weighted by Gasteiger charge is 2.70. The van der Waals surface area contributed by atoms with Crippen LogP contribution in [-0.4, -0.2) is 22.2 Å². The van der Waals surface area contributed by atoms with E-state index in [0.717, 1.165) is 56.9 Å². The van der Waals surface area contributed by atoms with Crippen molar-refractivity contribution in [3.63, 3.8) is 0 Å². The predicted molar refractivity (Wildman–Crippen MR) is 135 cm³/mol. The van der Waals surface area contributed by atoms with Crippen LogP contribution >= 0.6 is 0 Å². The Morgan fingerprint density at radius 2 is 1.53 bits per heavy atom. The van der Waals surface area contributed by atoms with Gasteiger partial charge < -0.3 is 10.2 Å². The minimum absolute atomic E-state index is 0.0576. The van der Waals surface area contributed by atoms with Crippen LogP contribution in [0.1, 0.15) is 98.8 Å². The third-order valence-electron chi connectivity index (χ3n) is 12.2. The van der Waals surface area contributed by atoms with Gasteiger partial charge in [-0.2, -0.15) is 0 Å². The van der Waals surface area contributed by atoms with Crippen molar-refractivity contribution in [2.24, 2.45) is 51.2 Å². The van der Waals surface area contributed by atoms with E-state index in [4.69, 9.17) is 0 Å². The summed E-state index contributed by atoms with van der Waals surface area (Å²) in [5.74, 6) is 0.322. The lowest BCUT2D eigenvalue weighted by molar-refractivity contribution is -0.219. The molecule has 4 rings (SSSR count). The molecule has 1 unspecified atom stereocenters. The summed E-state index contributed by atoms with van der Waals surface area (Å²) in [4.78, 5) is 24.4. The fraction of sp³-hybridized carbons (Fsp3) is 0.800. The molecule has 0 heterocycles. The Morgan fingerprint density at radius 3 is 2.09 bits per heavy atom. The van der Waals surface area contributed by atoms with Crippen molar-refractivity contribution in [2.45, 2.75) is 98.8 Å². The number of carboxylic acid groups (broad SMARTS) is 2. The molecule has 0 aromatic carbocycles. The van der Waals surface area contributed by atoms with E-state index in [-0.39, 0.29) is 28.6 Å². The maximum Gasteiger partial charge on any atom is 0.309 e. The molecule has 0 aromatic heterocycles. The standard InChI is InChI=1S/C30H46O4/c1-18(2)20-10-15-30(26(33)34)17-16-28(6)22(25(20)30)8-9-23-27(5,13-12-24(31)32)21(19(3)4)11-14-29(23,28)7/h20-23,25H,1,3,8-17H2,2,4-7H3,(H,31,32)(H,33,34)/t20?,21-,22+,23+,25+,27-,28+,29+,30-/m0/s1. The monoisotopic (exact) mass is 470 g/mol. The summed E-state index contributed by atoms with van der Waals surface area (Å²) in [6, 6.07) is 0. The second-order valence-corrected chi connectivity index (χ2v) is 13.4. The van der Waals surface area contributed by atoms with Crippen molar-refractivity contribution in [1.29, 1.82) is 0 Å². The van der Waals surface area contributed by atoms with Crippen LogP contribution in [0.2, 0.25) is 0 Å². The molecule has 190 valence electrons. The number of hydrogen-bond donors (Lipinski definition) is 2. The molecule has 34 heavy (non-hydrogen) atoms. The molecule has 0 radical (unpaired) electrons. The Balaban J connectivity index is 1.78. The quantitative estimate of drug-likeness (QED) is 0.398. The summed E-state index contributed by atoms with van der Waals surface area (Å²) in [6.45, 7) is 20.2. The second kappa shape index (κ2) is 8.23. The first-order valence-corrected chi connectivity index (χ1v) is 13.5. The molecule has 0 saturated heterocycles. The molecule has 0 amide bonds. The summed E-state index contributed by atoms with van der Waals surface area (Å²) in [5, 5.41) is 20.0. The maximum atomic E-state index is 12.7. The van der Waals surface area contributed by atoms with Gasteiger partial charge in [-0.3, -0.25) is 9.59 Å². The SMILES string of the molecule is C=C(C)C1CC[C@]2(C(=O)O)CC[C@]3(C)[C@H](CC[C@@H]4[C@@](C)(CCC(=O)O)[C@H](C(=C)C)CC[C@]43C)[C@@H]12. The van der Waals surface area contributed by atoms with Crippen molar-refractivity contribution >= 4 is 11.9 Å². The minimum atomic E-state index is -0.715. The van der Waals surface area contributed by atoms with Gasteiger partial charge in [0, 0.05) is 6.42 Å². The minimum Gasteiger partial charge on any atom is -0.481 e. The van der Waals surface area contributed by atoms with E-state index in [0.29, 0.717) is 30.1 Å². The van der Waals surface area contributed by atoms with Crippen LogP contribution in [0.3, 0.4) is 0 Å². The topological polar surface area (TPSA) is 74.6 Å². The van der Waals surface area contributed by atoms with E-state index < -0.39 is 17.4 Å². The zero-order chi connectivity index (χ0) is 25.3. The first-order chi connectivity index (χ1) is 15.7. The van der Waals surface area contributed by atoms with Crippen molar-refractivity contribution in [2.75, 3.05) is 0 Å². The molecule has 4 aliphatic carbocycles. The van der Waals surface area contributed by atoms with Gasteiger partial charge in [0.2, 0.25) is 0 Å². The third kappa shape index (κ3) is 3.29. The molecule has 4 heteroatoms. The first-order valence-electron chi connectivity index (χ1n) is 13.5. The molecular formula is C30H46O4. The van der Waals surface area contributed by atoms with E-state index in [2.05, 4.69) is 47.8 Å². The molecule has 0 aliphatic heterocycles. The number of carbonyl (C=O) groups is 2. The Labute approximate surface area is 206 Å². The first kappa shape index (κ1) is 25.5. The number of carboxylic acids is 2. The highest BCUT2D eigenvalue weighted by atomic mass is 16.4. The zero-order valence-electron chi connectivity index (χ0n) is 22.1. The molecule has 4 fully saturated rings. The predicted octanol–water partition coefficient (Wildman–Crippen LogP) is 7.35. The Kier molecular flexibility index (Phi) is 6.18. The molecule has 9 atom stereocenters. The van der Waals surface area contributed by atoms with Gasteiger partial charge in [-0.05, 0) is 117 Å². The average Bonchev–Trinajstić information content (AvgIpc) is 3.14. The second-order valence-electron chi connectivity index (χ2n) is 13.4.